The molecule has 6 nitrogen and oxygen atoms in total. The van der Waals surface area contributed by atoms with Gasteiger partial charge >= 0.3 is 0 Å². The largest absolute Gasteiger partial charge is 0.369 e. The van der Waals surface area contributed by atoms with Gasteiger partial charge in [0.2, 0.25) is 5.91 Å². The highest BCUT2D eigenvalue weighted by Gasteiger charge is 2.20. The molecule has 28 heavy (non-hydrogen) atoms. The van der Waals surface area contributed by atoms with Gasteiger partial charge in [0.25, 0.3) is 0 Å². The second kappa shape index (κ2) is 9.41. The van der Waals surface area contributed by atoms with Crippen molar-refractivity contribution in [3.63, 3.8) is 0 Å². The van der Waals surface area contributed by atoms with E-state index < -0.39 is 21.5 Å². The Kier molecular flexibility index (Phi) is 6.93. The summed E-state index contributed by atoms with van der Waals surface area (Å²) < 4.78 is 24.5. The number of hydrogen-bond acceptors (Lipinski definition) is 5. The first kappa shape index (κ1) is 20.6. The number of benzene rings is 2. The molecule has 1 N–H and O–H groups in total. The van der Waals surface area contributed by atoms with Crippen molar-refractivity contribution in [2.24, 2.45) is 0 Å². The number of para-hydroxylation sites is 1. The highest BCUT2D eigenvalue weighted by Crippen LogP contribution is 2.16. The first-order valence-electron chi connectivity index (χ1n) is 9.21. The van der Waals surface area contributed by atoms with Crippen LogP contribution in [0.3, 0.4) is 0 Å². The molecule has 1 heterocycles. The van der Waals surface area contributed by atoms with Gasteiger partial charge in [-0.1, -0.05) is 29.8 Å². The van der Waals surface area contributed by atoms with E-state index in [-0.39, 0.29) is 4.90 Å². The van der Waals surface area contributed by atoms with Crippen LogP contribution in [0.2, 0.25) is 5.02 Å². The second-order valence-corrected chi connectivity index (χ2v) is 9.15. The SMILES string of the molecule is O=C(CS(=O)(=O)c1ccc(Cl)cc1)NCCN1CCN(c2ccccc2)CC1. The van der Waals surface area contributed by atoms with Crippen LogP contribution in [0.1, 0.15) is 0 Å². The van der Waals surface area contributed by atoms with Gasteiger partial charge in [0.05, 0.1) is 4.90 Å². The molecule has 1 fully saturated rings. The number of rotatable bonds is 7. The normalized spacial score (nSPS) is 15.4. The molecule has 8 heteroatoms. The van der Waals surface area contributed by atoms with Crippen LogP contribution in [-0.4, -0.2) is 64.2 Å². The maximum Gasteiger partial charge on any atom is 0.235 e. The molecule has 0 spiro atoms. The lowest BCUT2D eigenvalue weighted by Gasteiger charge is -2.36. The van der Waals surface area contributed by atoms with Gasteiger partial charge in [-0.3, -0.25) is 9.69 Å². The van der Waals surface area contributed by atoms with E-state index in [0.29, 0.717) is 18.1 Å². The number of anilines is 1. The molecule has 0 aromatic heterocycles. The molecule has 2 aromatic carbocycles. The van der Waals surface area contributed by atoms with Crippen LogP contribution in [0.4, 0.5) is 5.69 Å². The number of nitrogens with zero attached hydrogens (tertiary/aromatic N) is 2. The number of hydrogen-bond donors (Lipinski definition) is 1. The average molecular weight is 422 g/mol. The quantitative estimate of drug-likeness (QED) is 0.741. The Balaban J connectivity index is 1.39. The first-order chi connectivity index (χ1) is 13.4. The monoisotopic (exact) mass is 421 g/mol. The van der Waals surface area contributed by atoms with E-state index in [9.17, 15) is 13.2 Å². The highest BCUT2D eigenvalue weighted by atomic mass is 35.5. The standard InChI is InChI=1S/C20H24ClN3O3S/c21-17-6-8-19(9-7-17)28(26,27)16-20(25)22-10-11-23-12-14-24(15-13-23)18-4-2-1-3-5-18/h1-9H,10-16H2,(H,22,25). The molecule has 150 valence electrons. The van der Waals surface area contributed by atoms with Crippen molar-refractivity contribution >= 4 is 33.0 Å². The lowest BCUT2D eigenvalue weighted by molar-refractivity contribution is -0.118. The third-order valence-corrected chi connectivity index (χ3v) is 6.62. The lowest BCUT2D eigenvalue weighted by atomic mass is 10.2. The summed E-state index contributed by atoms with van der Waals surface area (Å²) in [7, 11) is -3.66. The number of carbonyl (C=O) groups excluding carboxylic acids is 1. The third kappa shape index (κ3) is 5.70. The van der Waals surface area contributed by atoms with Gasteiger partial charge in [-0.25, -0.2) is 8.42 Å². The maximum atomic E-state index is 12.3. The number of amides is 1. The minimum absolute atomic E-state index is 0.101. The van der Waals surface area contributed by atoms with Crippen molar-refractivity contribution in [1.29, 1.82) is 0 Å². The Morgan fingerprint density at radius 2 is 1.61 bits per heavy atom. The molecule has 1 saturated heterocycles. The predicted octanol–water partition coefficient (Wildman–Crippen LogP) is 2.05. The Labute approximate surface area is 171 Å². The smallest absolute Gasteiger partial charge is 0.235 e. The summed E-state index contributed by atoms with van der Waals surface area (Å²) in [5, 5.41) is 3.17. The molecular weight excluding hydrogens is 398 g/mol. The van der Waals surface area contributed by atoms with Crippen molar-refractivity contribution in [3.8, 4) is 0 Å². The summed E-state index contributed by atoms with van der Waals surface area (Å²) >= 11 is 5.77. The fourth-order valence-corrected chi connectivity index (χ4v) is 4.46. The van der Waals surface area contributed by atoms with Gasteiger partial charge in [-0.15, -0.1) is 0 Å². The van der Waals surface area contributed by atoms with E-state index in [2.05, 4.69) is 27.2 Å². The Hall–Kier alpha value is -2.09. The summed E-state index contributed by atoms with van der Waals surface area (Å²) in [4.78, 5) is 16.7. The van der Waals surface area contributed by atoms with Crippen molar-refractivity contribution in [2.45, 2.75) is 4.90 Å². The molecule has 1 amide bonds. The molecule has 0 unspecified atom stereocenters. The second-order valence-electron chi connectivity index (χ2n) is 6.73. The Morgan fingerprint density at radius 1 is 0.964 bits per heavy atom. The lowest BCUT2D eigenvalue weighted by Crippen LogP contribution is -2.48. The Bertz CT molecular complexity index is 881. The van der Waals surface area contributed by atoms with Crippen molar-refractivity contribution in [2.75, 3.05) is 49.9 Å². The molecule has 0 atom stereocenters. The number of carbonyl (C=O) groups is 1. The van der Waals surface area contributed by atoms with Crippen molar-refractivity contribution < 1.29 is 13.2 Å². The number of nitrogens with one attached hydrogen (secondary N) is 1. The van der Waals surface area contributed by atoms with Gasteiger partial charge in [-0.2, -0.15) is 0 Å². The van der Waals surface area contributed by atoms with Crippen molar-refractivity contribution in [1.82, 2.24) is 10.2 Å². The van der Waals surface area contributed by atoms with E-state index in [1.165, 1.54) is 30.0 Å². The summed E-state index contributed by atoms with van der Waals surface area (Å²) in [5.41, 5.74) is 1.22. The summed E-state index contributed by atoms with van der Waals surface area (Å²) in [6.45, 7) is 4.82. The highest BCUT2D eigenvalue weighted by molar-refractivity contribution is 7.92. The summed E-state index contributed by atoms with van der Waals surface area (Å²) in [6.07, 6.45) is 0. The molecule has 1 aliphatic heterocycles. The zero-order valence-electron chi connectivity index (χ0n) is 15.6. The number of halogens is 1. The van der Waals surface area contributed by atoms with E-state index in [0.717, 1.165) is 26.2 Å². The van der Waals surface area contributed by atoms with Crippen LogP contribution in [-0.2, 0) is 14.6 Å². The van der Waals surface area contributed by atoms with Crippen molar-refractivity contribution in [3.05, 3.63) is 59.6 Å². The minimum Gasteiger partial charge on any atom is -0.369 e. The van der Waals surface area contributed by atoms with Gasteiger partial charge in [0.15, 0.2) is 9.84 Å². The first-order valence-corrected chi connectivity index (χ1v) is 11.2. The number of piperazine rings is 1. The van der Waals surface area contributed by atoms with Gasteiger partial charge < -0.3 is 10.2 Å². The zero-order valence-corrected chi connectivity index (χ0v) is 17.1. The fraction of sp³-hybridized carbons (Fsp3) is 0.350. The topological polar surface area (TPSA) is 69.7 Å². The van der Waals surface area contributed by atoms with Gasteiger partial charge in [-0.05, 0) is 36.4 Å². The van der Waals surface area contributed by atoms with Gasteiger partial charge in [0, 0.05) is 50.0 Å². The summed E-state index contributed by atoms with van der Waals surface area (Å²) in [6, 6.07) is 16.1. The number of sulfone groups is 1. The molecule has 0 bridgehead atoms. The van der Waals surface area contributed by atoms with E-state index in [1.807, 2.05) is 18.2 Å². The van der Waals surface area contributed by atoms with Crippen LogP contribution < -0.4 is 10.2 Å². The van der Waals surface area contributed by atoms with Crippen LogP contribution >= 0.6 is 11.6 Å². The summed E-state index contributed by atoms with van der Waals surface area (Å²) in [5.74, 6) is -1.05. The molecule has 0 aliphatic carbocycles. The molecular formula is C20H24ClN3O3S. The zero-order chi connectivity index (χ0) is 20.0. The van der Waals surface area contributed by atoms with Crippen LogP contribution in [0.25, 0.3) is 0 Å². The van der Waals surface area contributed by atoms with Gasteiger partial charge in [0.1, 0.15) is 5.75 Å². The van der Waals surface area contributed by atoms with Crippen LogP contribution in [0, 0.1) is 0 Å². The molecule has 0 saturated carbocycles. The van der Waals surface area contributed by atoms with E-state index >= 15 is 0 Å². The average Bonchev–Trinajstić information content (AvgIpc) is 2.69. The molecule has 1 aliphatic rings. The predicted molar refractivity (Wildman–Crippen MR) is 112 cm³/mol. The fourth-order valence-electron chi connectivity index (χ4n) is 3.17. The molecule has 3 rings (SSSR count). The molecule has 2 aromatic rings. The Morgan fingerprint density at radius 3 is 2.25 bits per heavy atom. The van der Waals surface area contributed by atoms with E-state index in [4.69, 9.17) is 11.6 Å². The van der Waals surface area contributed by atoms with Crippen LogP contribution in [0.5, 0.6) is 0 Å². The maximum absolute atomic E-state index is 12.3. The minimum atomic E-state index is -3.66. The van der Waals surface area contributed by atoms with E-state index in [1.54, 1.807) is 0 Å². The van der Waals surface area contributed by atoms with Crippen LogP contribution in [0.15, 0.2) is 59.5 Å². The molecule has 0 radical (unpaired) electrons. The third-order valence-electron chi connectivity index (χ3n) is 4.74.